The van der Waals surface area contributed by atoms with Crippen molar-refractivity contribution >= 4 is 35.6 Å². The van der Waals surface area contributed by atoms with Crippen molar-refractivity contribution in [2.24, 2.45) is 10.9 Å². The Hall–Kier alpha value is -1.84. The second kappa shape index (κ2) is 11.1. The number of hydrogen-bond donors (Lipinski definition) is 2. The Morgan fingerprint density at radius 1 is 1.26 bits per heavy atom. The molecule has 1 aromatic carbocycles. The predicted octanol–water partition coefficient (Wildman–Crippen LogP) is 2.15. The number of hydrogen-bond acceptors (Lipinski definition) is 4. The van der Waals surface area contributed by atoms with E-state index in [9.17, 15) is 0 Å². The molecule has 8 heteroatoms. The van der Waals surface area contributed by atoms with Crippen molar-refractivity contribution in [1.29, 1.82) is 0 Å². The number of nitrogens with one attached hydrogen (secondary N) is 2. The molecular weight excluding hydrogens is 453 g/mol. The Kier molecular flexibility index (Phi) is 8.83. The van der Waals surface area contributed by atoms with Gasteiger partial charge in [0, 0.05) is 51.9 Å². The van der Waals surface area contributed by atoms with Gasteiger partial charge in [0.25, 0.3) is 0 Å². The van der Waals surface area contributed by atoms with Crippen molar-refractivity contribution in [2.45, 2.75) is 26.3 Å². The minimum absolute atomic E-state index is 0. The Morgan fingerprint density at radius 2 is 2.07 bits per heavy atom. The molecule has 0 aliphatic carbocycles. The maximum absolute atomic E-state index is 4.33. The first-order valence-electron chi connectivity index (χ1n) is 9.41. The van der Waals surface area contributed by atoms with Crippen LogP contribution in [0, 0.1) is 5.92 Å². The molecule has 2 heterocycles. The Balaban J connectivity index is 0.00000261. The number of nitrogens with zero attached hydrogens (tertiary/aromatic N) is 5. The fraction of sp³-hybridized carbons (Fsp3) is 0.526. The molecule has 1 aromatic heterocycles. The summed E-state index contributed by atoms with van der Waals surface area (Å²) in [6.07, 6.45) is 3.89. The molecule has 148 valence electrons. The van der Waals surface area contributed by atoms with Crippen molar-refractivity contribution in [3.8, 4) is 0 Å². The third kappa shape index (κ3) is 6.08. The average Bonchev–Trinajstić information content (AvgIpc) is 3.34. The fourth-order valence-electron chi connectivity index (χ4n) is 3.37. The van der Waals surface area contributed by atoms with Gasteiger partial charge in [0.15, 0.2) is 5.96 Å². The zero-order chi connectivity index (χ0) is 18.2. The molecule has 0 bridgehead atoms. The van der Waals surface area contributed by atoms with Crippen molar-refractivity contribution in [3.63, 3.8) is 0 Å². The number of anilines is 1. The lowest BCUT2D eigenvalue weighted by Crippen LogP contribution is -2.41. The first-order valence-corrected chi connectivity index (χ1v) is 9.41. The maximum Gasteiger partial charge on any atom is 0.191 e. The van der Waals surface area contributed by atoms with Crippen LogP contribution in [0.5, 0.6) is 0 Å². The quantitative estimate of drug-likeness (QED) is 0.359. The van der Waals surface area contributed by atoms with Gasteiger partial charge in [-0.1, -0.05) is 25.1 Å². The Labute approximate surface area is 178 Å². The highest BCUT2D eigenvalue weighted by Gasteiger charge is 2.22. The van der Waals surface area contributed by atoms with E-state index in [0.717, 1.165) is 50.9 Å². The van der Waals surface area contributed by atoms with Crippen LogP contribution in [0.4, 0.5) is 5.69 Å². The van der Waals surface area contributed by atoms with Crippen LogP contribution in [0.3, 0.4) is 0 Å². The Bertz CT molecular complexity index is 701. The molecule has 3 rings (SSSR count). The van der Waals surface area contributed by atoms with Gasteiger partial charge in [0.2, 0.25) is 0 Å². The summed E-state index contributed by atoms with van der Waals surface area (Å²) >= 11 is 0. The van der Waals surface area contributed by atoms with Crippen LogP contribution in [0.2, 0.25) is 0 Å². The molecule has 1 saturated heterocycles. The van der Waals surface area contributed by atoms with Gasteiger partial charge in [0.05, 0.1) is 0 Å². The summed E-state index contributed by atoms with van der Waals surface area (Å²) in [6, 6.07) is 10.6. The van der Waals surface area contributed by atoms with Gasteiger partial charge in [-0.3, -0.25) is 4.99 Å². The zero-order valence-electron chi connectivity index (χ0n) is 16.1. The summed E-state index contributed by atoms with van der Waals surface area (Å²) in [5.41, 5.74) is 1.32. The van der Waals surface area contributed by atoms with E-state index in [0.29, 0.717) is 5.92 Å². The third-order valence-corrected chi connectivity index (χ3v) is 4.85. The molecule has 1 fully saturated rings. The lowest BCUT2D eigenvalue weighted by molar-refractivity contribution is 0.561. The summed E-state index contributed by atoms with van der Waals surface area (Å²) in [5.74, 6) is 2.51. The van der Waals surface area contributed by atoms with Crippen molar-refractivity contribution < 1.29 is 0 Å². The van der Waals surface area contributed by atoms with Crippen LogP contribution in [-0.2, 0) is 13.0 Å². The molecule has 1 unspecified atom stereocenters. The van der Waals surface area contributed by atoms with Gasteiger partial charge < -0.3 is 20.1 Å². The summed E-state index contributed by atoms with van der Waals surface area (Å²) in [6.45, 7) is 6.88. The minimum Gasteiger partial charge on any atom is -0.371 e. The summed E-state index contributed by atoms with van der Waals surface area (Å²) < 4.78 is 2.08. The maximum atomic E-state index is 4.33. The van der Waals surface area contributed by atoms with Crippen LogP contribution >= 0.6 is 24.0 Å². The normalized spacial score (nSPS) is 16.9. The molecule has 0 saturated carbocycles. The van der Waals surface area contributed by atoms with E-state index in [1.54, 1.807) is 6.33 Å². The molecule has 2 N–H and O–H groups in total. The summed E-state index contributed by atoms with van der Waals surface area (Å²) in [7, 11) is 1.82. The first-order chi connectivity index (χ1) is 12.8. The molecule has 1 aliphatic rings. The van der Waals surface area contributed by atoms with Gasteiger partial charge in [-0.25, -0.2) is 0 Å². The molecule has 7 nitrogen and oxygen atoms in total. The van der Waals surface area contributed by atoms with Gasteiger partial charge in [-0.2, -0.15) is 0 Å². The van der Waals surface area contributed by atoms with E-state index in [1.807, 2.05) is 7.05 Å². The highest BCUT2D eigenvalue weighted by Crippen LogP contribution is 2.22. The SMILES string of the molecule is CCc1nncn1CCNC(=NC)NCC1CCN(c2ccccc2)C1.I. The number of benzene rings is 1. The lowest BCUT2D eigenvalue weighted by Gasteiger charge is -2.19. The van der Waals surface area contributed by atoms with E-state index in [-0.39, 0.29) is 24.0 Å². The fourth-order valence-corrected chi connectivity index (χ4v) is 3.37. The van der Waals surface area contributed by atoms with E-state index in [1.165, 1.54) is 12.1 Å². The standard InChI is InChI=1S/C19H29N7.HI/c1-3-18-24-23-15-26(18)12-10-21-19(20-2)22-13-16-9-11-25(14-16)17-7-5-4-6-8-17;/h4-8,15-16H,3,9-14H2,1-2H3,(H2,20,21,22);1H. The number of rotatable bonds is 7. The number of aryl methyl sites for hydroxylation is 1. The number of aromatic nitrogens is 3. The van der Waals surface area contributed by atoms with Crippen LogP contribution in [-0.4, -0.2) is 54.0 Å². The van der Waals surface area contributed by atoms with Gasteiger partial charge >= 0.3 is 0 Å². The van der Waals surface area contributed by atoms with Crippen LogP contribution in [0.1, 0.15) is 19.2 Å². The Morgan fingerprint density at radius 3 is 2.81 bits per heavy atom. The van der Waals surface area contributed by atoms with Crippen LogP contribution in [0.15, 0.2) is 41.7 Å². The van der Waals surface area contributed by atoms with Crippen molar-refractivity contribution in [2.75, 3.05) is 38.1 Å². The van der Waals surface area contributed by atoms with Crippen LogP contribution in [0.25, 0.3) is 0 Å². The molecule has 0 spiro atoms. The van der Waals surface area contributed by atoms with E-state index < -0.39 is 0 Å². The topological polar surface area (TPSA) is 70.4 Å². The minimum atomic E-state index is 0. The average molecular weight is 483 g/mol. The van der Waals surface area contributed by atoms with Gasteiger partial charge in [-0.15, -0.1) is 34.2 Å². The number of guanidine groups is 1. The molecule has 1 aliphatic heterocycles. The molecule has 1 atom stereocenters. The smallest absolute Gasteiger partial charge is 0.191 e. The predicted molar refractivity (Wildman–Crippen MR) is 121 cm³/mol. The number of aliphatic imine (C=N–C) groups is 1. The van der Waals surface area contributed by atoms with Crippen molar-refractivity contribution in [3.05, 3.63) is 42.5 Å². The summed E-state index contributed by atoms with van der Waals surface area (Å²) in [5, 5.41) is 14.9. The molecular formula is C19H30IN7. The second-order valence-corrected chi connectivity index (χ2v) is 6.61. The first kappa shape index (κ1) is 21.5. The third-order valence-electron chi connectivity index (χ3n) is 4.85. The van der Waals surface area contributed by atoms with E-state index in [2.05, 4.69) is 72.5 Å². The largest absolute Gasteiger partial charge is 0.371 e. The summed E-state index contributed by atoms with van der Waals surface area (Å²) in [4.78, 5) is 6.79. The highest BCUT2D eigenvalue weighted by atomic mass is 127. The lowest BCUT2D eigenvalue weighted by atomic mass is 10.1. The molecule has 2 aromatic rings. The molecule has 27 heavy (non-hydrogen) atoms. The number of para-hydroxylation sites is 1. The van der Waals surface area contributed by atoms with E-state index in [4.69, 9.17) is 0 Å². The monoisotopic (exact) mass is 483 g/mol. The number of halogens is 1. The van der Waals surface area contributed by atoms with Gasteiger partial charge in [0.1, 0.15) is 12.2 Å². The van der Waals surface area contributed by atoms with Gasteiger partial charge in [-0.05, 0) is 24.5 Å². The molecule has 0 radical (unpaired) electrons. The zero-order valence-corrected chi connectivity index (χ0v) is 18.5. The van der Waals surface area contributed by atoms with Crippen LogP contribution < -0.4 is 15.5 Å². The second-order valence-electron chi connectivity index (χ2n) is 6.61. The van der Waals surface area contributed by atoms with E-state index >= 15 is 0 Å². The van der Waals surface area contributed by atoms with Crippen molar-refractivity contribution in [1.82, 2.24) is 25.4 Å². The molecule has 0 amide bonds. The highest BCUT2D eigenvalue weighted by molar-refractivity contribution is 14.0.